The molecule has 0 amide bonds. The maximum absolute atomic E-state index is 5.89. The molecule has 1 aromatic rings. The topological polar surface area (TPSA) is 29.3 Å². The Morgan fingerprint density at radius 2 is 2.00 bits per heavy atom. The smallest absolute Gasteiger partial charge is 0.0245 e. The van der Waals surface area contributed by atoms with E-state index in [9.17, 15) is 0 Å². The van der Waals surface area contributed by atoms with Gasteiger partial charge in [-0.25, -0.2) is 0 Å². The molecular formula is C14H23BrN2. The van der Waals surface area contributed by atoms with Gasteiger partial charge in [0.1, 0.15) is 0 Å². The van der Waals surface area contributed by atoms with E-state index in [1.165, 1.54) is 16.5 Å². The zero-order valence-electron chi connectivity index (χ0n) is 11.0. The molecule has 0 spiro atoms. The van der Waals surface area contributed by atoms with Gasteiger partial charge in [-0.05, 0) is 24.6 Å². The second-order valence-corrected chi connectivity index (χ2v) is 5.55. The lowest BCUT2D eigenvalue weighted by molar-refractivity contribution is 0.178. The molecule has 2 N–H and O–H groups in total. The van der Waals surface area contributed by atoms with Crippen LogP contribution in [-0.2, 0) is 6.54 Å². The summed E-state index contributed by atoms with van der Waals surface area (Å²) < 4.78 is 1.17. The van der Waals surface area contributed by atoms with Crippen LogP contribution >= 0.6 is 15.9 Å². The first-order valence-electron chi connectivity index (χ1n) is 6.23. The van der Waals surface area contributed by atoms with Crippen molar-refractivity contribution in [1.82, 2.24) is 4.90 Å². The number of halogens is 1. The lowest BCUT2D eigenvalue weighted by atomic mass is 9.97. The van der Waals surface area contributed by atoms with Crippen LogP contribution in [0.4, 0.5) is 0 Å². The summed E-state index contributed by atoms with van der Waals surface area (Å²) >= 11 is 3.59. The molecule has 1 aromatic carbocycles. The number of nitrogens with two attached hydrogens (primary N) is 1. The van der Waals surface area contributed by atoms with Crippen LogP contribution in [0.25, 0.3) is 0 Å². The monoisotopic (exact) mass is 298 g/mol. The summed E-state index contributed by atoms with van der Waals surface area (Å²) in [6.07, 6.45) is 1.17. The van der Waals surface area contributed by atoms with Crippen LogP contribution in [0.3, 0.4) is 0 Å². The first kappa shape index (κ1) is 14.7. The molecule has 3 heteroatoms. The Morgan fingerprint density at radius 1 is 1.35 bits per heavy atom. The van der Waals surface area contributed by atoms with Crippen LogP contribution in [0.15, 0.2) is 28.7 Å². The van der Waals surface area contributed by atoms with Crippen LogP contribution < -0.4 is 5.73 Å². The standard InChI is InChI=1S/C14H23BrN2/c1-4-11(2)14(9-16)17(3)10-12-7-5-6-8-13(12)15/h5-8,11,14H,4,9-10,16H2,1-3H3. The highest BCUT2D eigenvalue weighted by Crippen LogP contribution is 2.20. The molecule has 96 valence electrons. The Hall–Kier alpha value is -0.380. The lowest BCUT2D eigenvalue weighted by Crippen LogP contribution is -2.42. The molecule has 2 atom stereocenters. The van der Waals surface area contributed by atoms with E-state index in [0.29, 0.717) is 12.0 Å². The van der Waals surface area contributed by atoms with Crippen LogP contribution in [0.1, 0.15) is 25.8 Å². The minimum absolute atomic E-state index is 0.451. The Kier molecular flexibility index (Phi) is 6.17. The van der Waals surface area contributed by atoms with E-state index in [1.54, 1.807) is 0 Å². The van der Waals surface area contributed by atoms with Crippen molar-refractivity contribution in [3.63, 3.8) is 0 Å². The SMILES string of the molecule is CCC(C)C(CN)N(C)Cc1ccccc1Br. The van der Waals surface area contributed by atoms with Crippen LogP contribution in [-0.4, -0.2) is 24.5 Å². The molecule has 0 radical (unpaired) electrons. The van der Waals surface area contributed by atoms with Gasteiger partial charge in [-0.1, -0.05) is 54.4 Å². The van der Waals surface area contributed by atoms with Gasteiger partial charge >= 0.3 is 0 Å². The molecule has 17 heavy (non-hydrogen) atoms. The molecule has 0 bridgehead atoms. The van der Waals surface area contributed by atoms with Gasteiger partial charge in [0.25, 0.3) is 0 Å². The largest absolute Gasteiger partial charge is 0.329 e. The number of benzene rings is 1. The Bertz CT molecular complexity index is 341. The van der Waals surface area contributed by atoms with Crippen molar-refractivity contribution in [2.24, 2.45) is 11.7 Å². The number of hydrogen-bond acceptors (Lipinski definition) is 2. The minimum atomic E-state index is 0.451. The maximum atomic E-state index is 5.89. The Morgan fingerprint density at radius 3 is 2.53 bits per heavy atom. The summed E-state index contributed by atoms with van der Waals surface area (Å²) in [6.45, 7) is 6.15. The van der Waals surface area contributed by atoms with Crippen molar-refractivity contribution >= 4 is 15.9 Å². The van der Waals surface area contributed by atoms with E-state index in [-0.39, 0.29) is 0 Å². The number of likely N-dealkylation sites (N-methyl/N-ethyl adjacent to an activating group) is 1. The fourth-order valence-electron chi connectivity index (χ4n) is 2.13. The zero-order valence-corrected chi connectivity index (χ0v) is 12.6. The highest BCUT2D eigenvalue weighted by Gasteiger charge is 2.19. The van der Waals surface area contributed by atoms with E-state index < -0.39 is 0 Å². The first-order chi connectivity index (χ1) is 8.10. The minimum Gasteiger partial charge on any atom is -0.329 e. The predicted octanol–water partition coefficient (Wildman–Crippen LogP) is 3.25. The Balaban J connectivity index is 2.70. The zero-order chi connectivity index (χ0) is 12.8. The molecule has 0 saturated heterocycles. The summed E-state index contributed by atoms with van der Waals surface area (Å²) in [5.41, 5.74) is 7.20. The van der Waals surface area contributed by atoms with Crippen molar-refractivity contribution in [3.05, 3.63) is 34.3 Å². The lowest BCUT2D eigenvalue weighted by Gasteiger charge is -2.31. The van der Waals surface area contributed by atoms with Gasteiger partial charge in [-0.15, -0.1) is 0 Å². The molecule has 0 fully saturated rings. The van der Waals surface area contributed by atoms with Crippen molar-refractivity contribution in [3.8, 4) is 0 Å². The quantitative estimate of drug-likeness (QED) is 0.873. The van der Waals surface area contributed by atoms with E-state index in [0.717, 1.165) is 13.1 Å². The van der Waals surface area contributed by atoms with Gasteiger partial charge in [0, 0.05) is 23.6 Å². The average molecular weight is 299 g/mol. The normalized spacial score (nSPS) is 14.9. The third-order valence-electron chi connectivity index (χ3n) is 3.49. The van der Waals surface area contributed by atoms with Crippen LogP contribution in [0, 0.1) is 5.92 Å². The molecule has 0 heterocycles. The van der Waals surface area contributed by atoms with Crippen molar-refractivity contribution < 1.29 is 0 Å². The molecule has 1 rings (SSSR count). The third kappa shape index (κ3) is 4.09. The van der Waals surface area contributed by atoms with Gasteiger partial charge in [-0.3, -0.25) is 4.90 Å². The van der Waals surface area contributed by atoms with Gasteiger partial charge in [-0.2, -0.15) is 0 Å². The molecule has 2 nitrogen and oxygen atoms in total. The molecule has 0 aromatic heterocycles. The van der Waals surface area contributed by atoms with Crippen molar-refractivity contribution in [2.75, 3.05) is 13.6 Å². The maximum Gasteiger partial charge on any atom is 0.0245 e. The summed E-state index contributed by atoms with van der Waals surface area (Å²) in [5.74, 6) is 0.632. The number of nitrogens with zero attached hydrogens (tertiary/aromatic N) is 1. The summed E-state index contributed by atoms with van der Waals surface area (Å²) in [5, 5.41) is 0. The van der Waals surface area contributed by atoms with Gasteiger partial charge in [0.05, 0.1) is 0 Å². The molecule has 0 aliphatic heterocycles. The molecule has 2 unspecified atom stereocenters. The van der Waals surface area contributed by atoms with Crippen LogP contribution in [0.5, 0.6) is 0 Å². The predicted molar refractivity (Wildman–Crippen MR) is 77.9 cm³/mol. The third-order valence-corrected chi connectivity index (χ3v) is 4.26. The first-order valence-corrected chi connectivity index (χ1v) is 7.03. The molecular weight excluding hydrogens is 276 g/mol. The van der Waals surface area contributed by atoms with Crippen molar-refractivity contribution in [2.45, 2.75) is 32.9 Å². The second-order valence-electron chi connectivity index (χ2n) is 4.70. The van der Waals surface area contributed by atoms with E-state index >= 15 is 0 Å². The average Bonchev–Trinajstić information content (AvgIpc) is 2.32. The van der Waals surface area contributed by atoms with Crippen LogP contribution in [0.2, 0.25) is 0 Å². The molecule has 0 aliphatic carbocycles. The highest BCUT2D eigenvalue weighted by molar-refractivity contribution is 9.10. The van der Waals surface area contributed by atoms with E-state index in [1.807, 2.05) is 6.07 Å². The van der Waals surface area contributed by atoms with E-state index in [2.05, 4.69) is 59.9 Å². The van der Waals surface area contributed by atoms with Crippen molar-refractivity contribution in [1.29, 1.82) is 0 Å². The highest BCUT2D eigenvalue weighted by atomic mass is 79.9. The Labute approximate surface area is 113 Å². The fourth-order valence-corrected chi connectivity index (χ4v) is 2.54. The fraction of sp³-hybridized carbons (Fsp3) is 0.571. The second kappa shape index (κ2) is 7.14. The van der Waals surface area contributed by atoms with Gasteiger partial charge in [0.15, 0.2) is 0 Å². The molecule has 0 aliphatic rings. The molecule has 0 saturated carbocycles. The van der Waals surface area contributed by atoms with Gasteiger partial charge < -0.3 is 5.73 Å². The number of rotatable bonds is 6. The summed E-state index contributed by atoms with van der Waals surface area (Å²) in [7, 11) is 2.16. The summed E-state index contributed by atoms with van der Waals surface area (Å²) in [6, 6.07) is 8.82. The summed E-state index contributed by atoms with van der Waals surface area (Å²) in [4.78, 5) is 2.36. The number of hydrogen-bond donors (Lipinski definition) is 1. The van der Waals surface area contributed by atoms with Gasteiger partial charge in [0.2, 0.25) is 0 Å². The van der Waals surface area contributed by atoms with E-state index in [4.69, 9.17) is 5.73 Å².